The maximum absolute atomic E-state index is 12.4. The molecule has 0 amide bonds. The molecular weight excluding hydrogens is 270 g/mol. The van der Waals surface area contributed by atoms with E-state index in [1.165, 1.54) is 0 Å². The molecule has 1 saturated heterocycles. The maximum atomic E-state index is 12.4. The lowest BCUT2D eigenvalue weighted by Gasteiger charge is -2.59. The van der Waals surface area contributed by atoms with Gasteiger partial charge in [0.2, 0.25) is 0 Å². The first-order valence-electron chi connectivity index (χ1n) is 7.58. The van der Waals surface area contributed by atoms with E-state index in [1.54, 1.807) is 6.07 Å². The summed E-state index contributed by atoms with van der Waals surface area (Å²) in [6.07, 6.45) is 1.54. The number of piperidine rings is 1. The van der Waals surface area contributed by atoms with Gasteiger partial charge in [-0.15, -0.1) is 0 Å². The van der Waals surface area contributed by atoms with Gasteiger partial charge in [0.15, 0.2) is 23.4 Å². The summed E-state index contributed by atoms with van der Waals surface area (Å²) in [7, 11) is 0. The Morgan fingerprint density at radius 3 is 3.05 bits per heavy atom. The van der Waals surface area contributed by atoms with Gasteiger partial charge < -0.3 is 20.3 Å². The molecule has 2 aliphatic carbocycles. The molecule has 4 atom stereocenters. The van der Waals surface area contributed by atoms with Gasteiger partial charge in [-0.25, -0.2) is 0 Å². The summed E-state index contributed by atoms with van der Waals surface area (Å²) < 4.78 is 5.90. The molecule has 21 heavy (non-hydrogen) atoms. The van der Waals surface area contributed by atoms with Gasteiger partial charge in [-0.3, -0.25) is 4.79 Å². The molecule has 2 aliphatic heterocycles. The molecule has 3 N–H and O–H groups in total. The van der Waals surface area contributed by atoms with Crippen molar-refractivity contribution in [3.63, 3.8) is 0 Å². The number of rotatable bonds is 0. The molecule has 4 aliphatic rings. The van der Waals surface area contributed by atoms with Crippen LogP contribution in [0, 0.1) is 0 Å². The molecule has 2 fully saturated rings. The van der Waals surface area contributed by atoms with Crippen molar-refractivity contribution in [1.82, 2.24) is 5.32 Å². The highest BCUT2D eigenvalue weighted by Gasteiger charge is 2.71. The van der Waals surface area contributed by atoms with Gasteiger partial charge >= 0.3 is 0 Å². The number of aromatic hydroxyl groups is 1. The number of ketones is 1. The van der Waals surface area contributed by atoms with Crippen LogP contribution < -0.4 is 10.1 Å². The largest absolute Gasteiger partial charge is 0.504 e. The summed E-state index contributed by atoms with van der Waals surface area (Å²) in [5, 5.41) is 25.0. The van der Waals surface area contributed by atoms with Gasteiger partial charge in [0.25, 0.3) is 0 Å². The Morgan fingerprint density at radius 1 is 1.33 bits per heavy atom. The van der Waals surface area contributed by atoms with E-state index < -0.39 is 17.1 Å². The van der Waals surface area contributed by atoms with Crippen LogP contribution in [0.25, 0.3) is 0 Å². The van der Waals surface area contributed by atoms with Crippen molar-refractivity contribution in [2.75, 3.05) is 6.54 Å². The van der Waals surface area contributed by atoms with Crippen molar-refractivity contribution >= 4 is 5.78 Å². The third-order valence-electron chi connectivity index (χ3n) is 6.08. The zero-order valence-electron chi connectivity index (χ0n) is 11.6. The Labute approximate surface area is 121 Å². The quantitative estimate of drug-likeness (QED) is 0.644. The van der Waals surface area contributed by atoms with Gasteiger partial charge in [0.1, 0.15) is 0 Å². The van der Waals surface area contributed by atoms with Crippen molar-refractivity contribution < 1.29 is 19.7 Å². The Balaban J connectivity index is 1.89. The molecular formula is C16H17NO4. The summed E-state index contributed by atoms with van der Waals surface area (Å²) in [5.74, 6) is 0.542. The lowest BCUT2D eigenvalue weighted by atomic mass is 9.49. The molecule has 1 saturated carbocycles. The van der Waals surface area contributed by atoms with E-state index in [2.05, 4.69) is 5.32 Å². The summed E-state index contributed by atoms with van der Waals surface area (Å²) in [4.78, 5) is 12.4. The topological polar surface area (TPSA) is 78.8 Å². The second-order valence-corrected chi connectivity index (χ2v) is 6.77. The predicted octanol–water partition coefficient (Wildman–Crippen LogP) is 0.403. The van der Waals surface area contributed by atoms with Gasteiger partial charge in [0.05, 0.1) is 11.0 Å². The fourth-order valence-electron chi connectivity index (χ4n) is 5.22. The second kappa shape index (κ2) is 3.42. The number of carbonyl (C=O) groups excluding carboxylic acids is 1. The van der Waals surface area contributed by atoms with E-state index in [0.29, 0.717) is 31.4 Å². The number of hydrogen-bond donors (Lipinski definition) is 3. The zero-order chi connectivity index (χ0) is 14.4. The van der Waals surface area contributed by atoms with E-state index in [0.717, 1.165) is 17.7 Å². The van der Waals surface area contributed by atoms with Crippen LogP contribution in [-0.2, 0) is 16.6 Å². The lowest BCUT2D eigenvalue weighted by Crippen LogP contribution is -2.76. The van der Waals surface area contributed by atoms with Crippen LogP contribution in [0.3, 0.4) is 0 Å². The third kappa shape index (κ3) is 1.09. The van der Waals surface area contributed by atoms with E-state index in [4.69, 9.17) is 4.74 Å². The SMILES string of the molecule is O=C1CC[C@@]2(O)[C@H]3Cc4ccc(O)c5c4[C@@]2(CCN3)C1O5. The van der Waals surface area contributed by atoms with Gasteiger partial charge in [0, 0.05) is 18.0 Å². The van der Waals surface area contributed by atoms with Gasteiger partial charge in [-0.2, -0.15) is 0 Å². The highest BCUT2D eigenvalue weighted by molar-refractivity contribution is 5.90. The molecule has 1 aromatic carbocycles. The highest BCUT2D eigenvalue weighted by Crippen LogP contribution is 2.63. The van der Waals surface area contributed by atoms with Crippen LogP contribution in [0.15, 0.2) is 12.1 Å². The molecule has 5 heteroatoms. The second-order valence-electron chi connectivity index (χ2n) is 6.77. The van der Waals surface area contributed by atoms with E-state index in [1.807, 2.05) is 6.07 Å². The number of Topliss-reactive ketones (excluding diaryl/α,β-unsaturated/α-hetero) is 1. The standard InChI is InChI=1S/C16H17NO4/c18-9-2-1-8-7-11-16(20)4-3-10(19)14-15(16,5-6-17-11)12(8)13(9)21-14/h1-2,11,14,17-18,20H,3-7H2/t11-,14?,15+,16-/m1/s1. The minimum atomic E-state index is -0.962. The number of ether oxygens (including phenoxy) is 1. The van der Waals surface area contributed by atoms with Gasteiger partial charge in [-0.05, 0) is 37.4 Å². The Kier molecular flexibility index (Phi) is 1.95. The number of hydrogen-bond acceptors (Lipinski definition) is 5. The van der Waals surface area contributed by atoms with Crippen molar-refractivity contribution in [2.24, 2.45) is 0 Å². The number of phenols is 1. The van der Waals surface area contributed by atoms with Gasteiger partial charge in [-0.1, -0.05) is 6.07 Å². The molecule has 0 aromatic heterocycles. The Morgan fingerprint density at radius 2 is 2.19 bits per heavy atom. The monoisotopic (exact) mass is 287 g/mol. The van der Waals surface area contributed by atoms with E-state index in [9.17, 15) is 15.0 Å². The molecule has 0 radical (unpaired) electrons. The minimum absolute atomic E-state index is 0.0452. The maximum Gasteiger partial charge on any atom is 0.174 e. The molecule has 1 unspecified atom stereocenters. The van der Waals surface area contributed by atoms with E-state index >= 15 is 0 Å². The predicted molar refractivity (Wildman–Crippen MR) is 73.5 cm³/mol. The zero-order valence-corrected chi connectivity index (χ0v) is 11.6. The Hall–Kier alpha value is -1.59. The fourth-order valence-corrected chi connectivity index (χ4v) is 5.22. The van der Waals surface area contributed by atoms with Crippen LogP contribution >= 0.6 is 0 Å². The van der Waals surface area contributed by atoms with Crippen molar-refractivity contribution in [1.29, 1.82) is 0 Å². The first-order chi connectivity index (χ1) is 10.1. The van der Waals surface area contributed by atoms with Crippen molar-refractivity contribution in [3.05, 3.63) is 23.3 Å². The normalized spacial score (nSPS) is 42.4. The fraction of sp³-hybridized carbons (Fsp3) is 0.562. The summed E-state index contributed by atoms with van der Waals surface area (Å²) in [5.41, 5.74) is 0.332. The summed E-state index contributed by atoms with van der Waals surface area (Å²) in [6.45, 7) is 0.759. The lowest BCUT2D eigenvalue weighted by molar-refractivity contribution is -0.166. The molecule has 5 rings (SSSR count). The first kappa shape index (κ1) is 12.0. The molecule has 110 valence electrons. The average molecular weight is 287 g/mol. The molecule has 5 nitrogen and oxygen atoms in total. The van der Waals surface area contributed by atoms with Crippen molar-refractivity contribution in [3.8, 4) is 11.5 Å². The number of aliphatic hydroxyl groups is 1. The molecule has 1 aromatic rings. The van der Waals surface area contributed by atoms with E-state index in [-0.39, 0.29) is 17.6 Å². The van der Waals surface area contributed by atoms with Crippen LogP contribution in [-0.4, -0.2) is 40.3 Å². The molecule has 2 heterocycles. The highest BCUT2D eigenvalue weighted by atomic mass is 16.5. The van der Waals surface area contributed by atoms with Crippen molar-refractivity contribution in [2.45, 2.75) is 48.8 Å². The molecule has 2 bridgehead atoms. The number of phenolic OH excluding ortho intramolecular Hbond substituents is 1. The van der Waals surface area contributed by atoms with Crippen LogP contribution in [0.2, 0.25) is 0 Å². The molecule has 1 spiro atoms. The third-order valence-corrected chi connectivity index (χ3v) is 6.08. The summed E-state index contributed by atoms with van der Waals surface area (Å²) >= 11 is 0. The summed E-state index contributed by atoms with van der Waals surface area (Å²) in [6, 6.07) is 3.49. The number of benzene rings is 1. The Bertz CT molecular complexity index is 687. The number of nitrogens with one attached hydrogen (secondary N) is 1. The smallest absolute Gasteiger partial charge is 0.174 e. The average Bonchev–Trinajstić information content (AvgIpc) is 2.80. The van der Waals surface area contributed by atoms with Crippen LogP contribution in [0.4, 0.5) is 0 Å². The van der Waals surface area contributed by atoms with Crippen LogP contribution in [0.5, 0.6) is 11.5 Å². The minimum Gasteiger partial charge on any atom is -0.504 e. The van der Waals surface area contributed by atoms with Crippen LogP contribution in [0.1, 0.15) is 30.4 Å². The first-order valence-corrected chi connectivity index (χ1v) is 7.58. The number of carbonyl (C=O) groups is 1.